The molecule has 0 N–H and O–H groups in total. The maximum Gasteiger partial charge on any atom is 0.324 e. The Balaban J connectivity index is 1.20. The lowest BCUT2D eigenvalue weighted by atomic mass is 9.90. The monoisotopic (exact) mass is 476 g/mol. The van der Waals surface area contributed by atoms with Crippen molar-refractivity contribution in [1.29, 1.82) is 0 Å². The third kappa shape index (κ3) is 5.67. The van der Waals surface area contributed by atoms with E-state index in [2.05, 4.69) is 28.9 Å². The standard InChI is InChI=1S/C25H34F2N4O3/c1-15(2)24-28-25(34-29-24)31-8-5-16(6-9-31)19-11-17(19)7-10-33-18-12-21(26)20(22(27)13-18)14-23(32)30(3)4/h12-13,15-17,19H,5-11,14H2,1-4H3/t17-,19-/m1/s1. The first-order chi connectivity index (χ1) is 16.2. The summed E-state index contributed by atoms with van der Waals surface area (Å²) >= 11 is 0. The van der Waals surface area contributed by atoms with E-state index in [1.807, 2.05) is 0 Å². The maximum absolute atomic E-state index is 14.3. The fourth-order valence-electron chi connectivity index (χ4n) is 4.76. The van der Waals surface area contributed by atoms with Crippen LogP contribution in [0, 0.1) is 29.4 Å². The van der Waals surface area contributed by atoms with E-state index in [0.717, 1.165) is 38.2 Å². The molecule has 0 radical (unpaired) electrons. The van der Waals surface area contributed by atoms with Crippen molar-refractivity contribution in [3.63, 3.8) is 0 Å². The number of hydrogen-bond acceptors (Lipinski definition) is 6. The minimum Gasteiger partial charge on any atom is -0.493 e. The van der Waals surface area contributed by atoms with Gasteiger partial charge in [-0.1, -0.05) is 19.0 Å². The molecule has 2 heterocycles. The Hall–Kier alpha value is -2.71. The first-order valence-corrected chi connectivity index (χ1v) is 12.1. The molecule has 1 amide bonds. The number of rotatable bonds is 9. The first-order valence-electron chi connectivity index (χ1n) is 12.1. The lowest BCUT2D eigenvalue weighted by Crippen LogP contribution is -2.34. The molecule has 0 spiro atoms. The lowest BCUT2D eigenvalue weighted by molar-refractivity contribution is -0.128. The van der Waals surface area contributed by atoms with Gasteiger partial charge >= 0.3 is 6.01 Å². The van der Waals surface area contributed by atoms with Crippen LogP contribution in [-0.2, 0) is 11.2 Å². The van der Waals surface area contributed by atoms with Gasteiger partial charge in [0.05, 0.1) is 13.0 Å². The lowest BCUT2D eigenvalue weighted by Gasteiger charge is -2.30. The first kappa shape index (κ1) is 24.4. The van der Waals surface area contributed by atoms with Crippen molar-refractivity contribution in [2.75, 3.05) is 38.7 Å². The van der Waals surface area contributed by atoms with Crippen LogP contribution in [0.15, 0.2) is 16.7 Å². The topological polar surface area (TPSA) is 71.7 Å². The number of piperidine rings is 1. The van der Waals surface area contributed by atoms with Gasteiger partial charge in [-0.2, -0.15) is 4.98 Å². The average molecular weight is 477 g/mol. The number of likely N-dealkylation sites (N-methyl/N-ethyl adjacent to an activating group) is 1. The van der Waals surface area contributed by atoms with E-state index in [4.69, 9.17) is 9.26 Å². The molecule has 1 aromatic carbocycles. The van der Waals surface area contributed by atoms with Crippen LogP contribution in [0.1, 0.15) is 56.8 Å². The molecular formula is C25H34F2N4O3. The highest BCUT2D eigenvalue weighted by molar-refractivity contribution is 5.78. The van der Waals surface area contributed by atoms with Crippen LogP contribution in [0.25, 0.3) is 0 Å². The highest BCUT2D eigenvalue weighted by atomic mass is 19.1. The van der Waals surface area contributed by atoms with Gasteiger partial charge in [0.25, 0.3) is 0 Å². The normalized spacial score (nSPS) is 20.6. The van der Waals surface area contributed by atoms with E-state index >= 15 is 0 Å². The molecule has 1 aromatic heterocycles. The van der Waals surface area contributed by atoms with Gasteiger partial charge in [0.2, 0.25) is 5.91 Å². The summed E-state index contributed by atoms with van der Waals surface area (Å²) in [7, 11) is 3.11. The Labute approximate surface area is 199 Å². The summed E-state index contributed by atoms with van der Waals surface area (Å²) in [6.45, 7) is 6.37. The van der Waals surface area contributed by atoms with Gasteiger partial charge in [-0.25, -0.2) is 8.78 Å². The largest absolute Gasteiger partial charge is 0.493 e. The van der Waals surface area contributed by atoms with Crippen molar-refractivity contribution in [2.45, 2.75) is 51.9 Å². The molecule has 2 aromatic rings. The van der Waals surface area contributed by atoms with Crippen molar-refractivity contribution in [1.82, 2.24) is 15.0 Å². The molecule has 2 aliphatic rings. The Morgan fingerprint density at radius 2 is 1.91 bits per heavy atom. The third-order valence-electron chi connectivity index (χ3n) is 7.04. The van der Waals surface area contributed by atoms with Crippen LogP contribution < -0.4 is 9.64 Å². The number of carbonyl (C=O) groups excluding carboxylic acids is 1. The van der Waals surface area contributed by atoms with E-state index in [0.29, 0.717) is 30.4 Å². The second kappa shape index (κ2) is 10.3. The Bertz CT molecular complexity index is 979. The van der Waals surface area contributed by atoms with Gasteiger partial charge in [-0.15, -0.1) is 0 Å². The number of anilines is 1. The van der Waals surface area contributed by atoms with Gasteiger partial charge in [-0.3, -0.25) is 4.79 Å². The average Bonchev–Trinajstić information content (AvgIpc) is 3.38. The van der Waals surface area contributed by atoms with Gasteiger partial charge in [0, 0.05) is 50.8 Å². The Kier molecular flexibility index (Phi) is 7.38. The van der Waals surface area contributed by atoms with E-state index in [9.17, 15) is 13.6 Å². The van der Waals surface area contributed by atoms with Crippen LogP contribution in [0.5, 0.6) is 5.75 Å². The summed E-state index contributed by atoms with van der Waals surface area (Å²) in [4.78, 5) is 19.8. The second-order valence-electron chi connectivity index (χ2n) is 10.0. The fourth-order valence-corrected chi connectivity index (χ4v) is 4.76. The van der Waals surface area contributed by atoms with Crippen LogP contribution in [-0.4, -0.2) is 54.7 Å². The zero-order valence-corrected chi connectivity index (χ0v) is 20.4. The van der Waals surface area contributed by atoms with Gasteiger partial charge < -0.3 is 19.1 Å². The van der Waals surface area contributed by atoms with Crippen molar-refractivity contribution in [3.8, 4) is 5.75 Å². The number of amides is 1. The number of ether oxygens (including phenoxy) is 1. The molecule has 186 valence electrons. The number of benzene rings is 1. The SMILES string of the molecule is CC(C)c1noc(N2CCC([C@H]3C[C@H]3CCOc3cc(F)c(CC(=O)N(C)C)c(F)c3)CC2)n1. The molecular weight excluding hydrogens is 442 g/mol. The van der Waals surface area contributed by atoms with Crippen LogP contribution in [0.3, 0.4) is 0 Å². The number of hydrogen-bond donors (Lipinski definition) is 0. The van der Waals surface area contributed by atoms with Crippen molar-refractivity contribution in [2.24, 2.45) is 17.8 Å². The fraction of sp³-hybridized carbons (Fsp3) is 0.640. The highest BCUT2D eigenvalue weighted by Crippen LogP contribution is 2.50. The predicted octanol–water partition coefficient (Wildman–Crippen LogP) is 4.42. The minimum absolute atomic E-state index is 0.168. The van der Waals surface area contributed by atoms with Crippen molar-refractivity contribution >= 4 is 11.9 Å². The predicted molar refractivity (Wildman–Crippen MR) is 124 cm³/mol. The molecule has 0 bridgehead atoms. The number of aromatic nitrogens is 2. The van der Waals surface area contributed by atoms with E-state index in [1.165, 1.54) is 23.5 Å². The van der Waals surface area contributed by atoms with Crippen molar-refractivity contribution in [3.05, 3.63) is 35.2 Å². The van der Waals surface area contributed by atoms with E-state index in [-0.39, 0.29) is 29.6 Å². The third-order valence-corrected chi connectivity index (χ3v) is 7.04. The van der Waals surface area contributed by atoms with Crippen LogP contribution >= 0.6 is 0 Å². The van der Waals surface area contributed by atoms with Crippen LogP contribution in [0.4, 0.5) is 14.8 Å². The molecule has 0 unspecified atom stereocenters. The molecule has 2 fully saturated rings. The molecule has 1 saturated heterocycles. The Morgan fingerprint density at radius 3 is 2.50 bits per heavy atom. The molecule has 1 aliphatic heterocycles. The molecule has 2 atom stereocenters. The summed E-state index contributed by atoms with van der Waals surface area (Å²) in [5.41, 5.74) is -0.222. The summed E-state index contributed by atoms with van der Waals surface area (Å²) in [6, 6.07) is 2.97. The summed E-state index contributed by atoms with van der Waals surface area (Å²) in [5, 5.41) is 4.06. The summed E-state index contributed by atoms with van der Waals surface area (Å²) in [5.74, 6) is 1.28. The molecule has 7 nitrogen and oxygen atoms in total. The van der Waals surface area contributed by atoms with Gasteiger partial charge in [-0.05, 0) is 43.4 Å². The molecule has 1 aliphatic carbocycles. The molecule has 34 heavy (non-hydrogen) atoms. The zero-order valence-electron chi connectivity index (χ0n) is 20.4. The number of halogens is 2. The maximum atomic E-state index is 14.3. The number of carbonyl (C=O) groups is 1. The second-order valence-corrected chi connectivity index (χ2v) is 10.0. The van der Waals surface area contributed by atoms with Crippen LogP contribution in [0.2, 0.25) is 0 Å². The summed E-state index contributed by atoms with van der Waals surface area (Å²) in [6.07, 6.45) is 3.95. The minimum atomic E-state index is -0.747. The quantitative estimate of drug-likeness (QED) is 0.534. The molecule has 1 saturated carbocycles. The van der Waals surface area contributed by atoms with E-state index < -0.39 is 11.6 Å². The Morgan fingerprint density at radius 1 is 1.24 bits per heavy atom. The molecule has 4 rings (SSSR count). The number of nitrogens with zero attached hydrogens (tertiary/aromatic N) is 4. The smallest absolute Gasteiger partial charge is 0.324 e. The molecule has 9 heteroatoms. The van der Waals surface area contributed by atoms with Gasteiger partial charge in [0.15, 0.2) is 5.82 Å². The summed E-state index contributed by atoms with van der Waals surface area (Å²) < 4.78 is 39.7. The zero-order chi connectivity index (χ0) is 24.4. The van der Waals surface area contributed by atoms with Crippen molar-refractivity contribution < 1.29 is 22.8 Å². The highest BCUT2D eigenvalue weighted by Gasteiger charge is 2.43. The van der Waals surface area contributed by atoms with Gasteiger partial charge in [0.1, 0.15) is 17.4 Å². The van der Waals surface area contributed by atoms with E-state index in [1.54, 1.807) is 14.1 Å².